The summed E-state index contributed by atoms with van der Waals surface area (Å²) < 4.78 is 102. The first-order chi connectivity index (χ1) is 21.1. The molecule has 15 heteroatoms. The highest BCUT2D eigenvalue weighted by molar-refractivity contribution is 6.08. The van der Waals surface area contributed by atoms with Crippen molar-refractivity contribution in [2.24, 2.45) is 5.10 Å². The van der Waals surface area contributed by atoms with Gasteiger partial charge in [0.25, 0.3) is 5.91 Å². The highest BCUT2D eigenvalue weighted by atomic mass is 19.4. The summed E-state index contributed by atoms with van der Waals surface area (Å²) in [6.07, 6.45) is -6.67. The number of carbonyl (C=O) groups excluding carboxylic acids is 2. The summed E-state index contributed by atoms with van der Waals surface area (Å²) in [7, 11) is 2.96. The van der Waals surface area contributed by atoms with Crippen LogP contribution in [-0.2, 0) is 4.79 Å². The van der Waals surface area contributed by atoms with E-state index >= 15 is 0 Å². The number of aromatic nitrogens is 1. The average Bonchev–Trinajstić information content (AvgIpc) is 3.01. The van der Waals surface area contributed by atoms with E-state index in [1.54, 1.807) is 42.5 Å². The number of benzene rings is 3. The molecule has 0 aliphatic carbocycles. The van der Waals surface area contributed by atoms with Crippen molar-refractivity contribution in [1.29, 1.82) is 0 Å². The van der Waals surface area contributed by atoms with E-state index in [2.05, 4.69) is 15.5 Å². The summed E-state index contributed by atoms with van der Waals surface area (Å²) in [6, 6.07) is 18.0. The standard InChI is InChI=1S/C30H23F7N4O4/c1-16(17-7-6-8-19(13-17)38-27(43)28(31,32)29(33,34)30(35,36)37)40-41-26(42)21-15-23(39-22-10-5-4-9-20(21)22)18-11-12-24(44-2)25(14-18)45-3/h4-15H,1-3H3,(H,38,43)(H,41,42)/b40-16-. The summed E-state index contributed by atoms with van der Waals surface area (Å²) in [4.78, 5) is 29.7. The second-order valence-electron chi connectivity index (χ2n) is 9.46. The number of fused-ring (bicyclic) bond motifs is 1. The predicted molar refractivity (Wildman–Crippen MR) is 151 cm³/mol. The Labute approximate surface area is 250 Å². The minimum Gasteiger partial charge on any atom is -0.493 e. The van der Waals surface area contributed by atoms with Gasteiger partial charge in [-0.3, -0.25) is 9.59 Å². The second-order valence-corrected chi connectivity index (χ2v) is 9.46. The van der Waals surface area contributed by atoms with Crippen LogP contribution in [0.2, 0.25) is 0 Å². The number of alkyl halides is 7. The van der Waals surface area contributed by atoms with Crippen molar-refractivity contribution in [3.63, 3.8) is 0 Å². The number of hydrogen-bond donors (Lipinski definition) is 2. The van der Waals surface area contributed by atoms with Gasteiger partial charge in [-0.25, -0.2) is 10.4 Å². The number of nitrogens with zero attached hydrogens (tertiary/aromatic N) is 2. The van der Waals surface area contributed by atoms with Gasteiger partial charge in [0, 0.05) is 16.6 Å². The van der Waals surface area contributed by atoms with Crippen LogP contribution in [0.25, 0.3) is 22.2 Å². The molecule has 2 amide bonds. The van der Waals surface area contributed by atoms with Crippen LogP contribution in [0.5, 0.6) is 11.5 Å². The van der Waals surface area contributed by atoms with Crippen LogP contribution >= 0.6 is 0 Å². The molecule has 0 fully saturated rings. The van der Waals surface area contributed by atoms with Gasteiger partial charge in [-0.15, -0.1) is 0 Å². The summed E-state index contributed by atoms with van der Waals surface area (Å²) in [5.41, 5.74) is 3.77. The summed E-state index contributed by atoms with van der Waals surface area (Å²) in [5.74, 6) is -15.3. The van der Waals surface area contributed by atoms with E-state index in [0.29, 0.717) is 33.7 Å². The number of rotatable bonds is 9. The van der Waals surface area contributed by atoms with Crippen LogP contribution in [0.3, 0.4) is 0 Å². The lowest BCUT2D eigenvalue weighted by atomic mass is 10.0. The van der Waals surface area contributed by atoms with Crippen LogP contribution in [-0.4, -0.2) is 54.8 Å². The van der Waals surface area contributed by atoms with Crippen LogP contribution in [0.4, 0.5) is 36.4 Å². The van der Waals surface area contributed by atoms with E-state index < -0.39 is 35.5 Å². The number of hydrogen-bond acceptors (Lipinski definition) is 6. The number of methoxy groups -OCH3 is 2. The number of para-hydroxylation sites is 1. The molecule has 45 heavy (non-hydrogen) atoms. The summed E-state index contributed by atoms with van der Waals surface area (Å²) in [5, 5.41) is 5.86. The molecular formula is C30H23F7N4O4. The molecule has 0 aliphatic heterocycles. The van der Waals surface area contributed by atoms with Gasteiger partial charge in [-0.1, -0.05) is 30.3 Å². The van der Waals surface area contributed by atoms with E-state index in [1.165, 1.54) is 44.7 Å². The van der Waals surface area contributed by atoms with Crippen LogP contribution in [0.1, 0.15) is 22.8 Å². The molecule has 236 valence electrons. The van der Waals surface area contributed by atoms with Crippen molar-refractivity contribution in [1.82, 2.24) is 10.4 Å². The van der Waals surface area contributed by atoms with E-state index in [4.69, 9.17) is 9.47 Å². The third-order valence-electron chi connectivity index (χ3n) is 6.54. The first-order valence-corrected chi connectivity index (χ1v) is 12.8. The first kappa shape index (κ1) is 32.7. The molecule has 0 bridgehead atoms. The molecule has 4 aromatic rings. The van der Waals surface area contributed by atoms with Crippen LogP contribution in [0, 0.1) is 0 Å². The molecule has 4 rings (SSSR count). The summed E-state index contributed by atoms with van der Waals surface area (Å²) in [6.45, 7) is 1.40. The minimum absolute atomic E-state index is 0.0744. The lowest BCUT2D eigenvalue weighted by molar-refractivity contribution is -0.343. The maximum Gasteiger partial charge on any atom is 0.460 e. The van der Waals surface area contributed by atoms with Gasteiger partial charge in [0.2, 0.25) is 0 Å². The van der Waals surface area contributed by atoms with E-state index in [1.807, 2.05) is 0 Å². The summed E-state index contributed by atoms with van der Waals surface area (Å²) >= 11 is 0. The average molecular weight is 637 g/mol. The zero-order valence-corrected chi connectivity index (χ0v) is 23.6. The molecule has 0 saturated carbocycles. The van der Waals surface area contributed by atoms with Gasteiger partial charge in [0.05, 0.1) is 36.7 Å². The fraction of sp³-hybridized carbons (Fsp3) is 0.200. The number of nitrogens with one attached hydrogen (secondary N) is 2. The van der Waals surface area contributed by atoms with Crippen LogP contribution < -0.4 is 20.2 Å². The number of ether oxygens (including phenoxy) is 2. The van der Waals surface area contributed by atoms with Gasteiger partial charge in [-0.05, 0) is 55.0 Å². The van der Waals surface area contributed by atoms with Crippen molar-refractivity contribution in [2.45, 2.75) is 24.9 Å². The highest BCUT2D eigenvalue weighted by Crippen LogP contribution is 2.47. The van der Waals surface area contributed by atoms with Crippen LogP contribution in [0.15, 0.2) is 77.9 Å². The SMILES string of the molecule is COc1ccc(-c2cc(C(=O)N/N=C(/C)c3cccc(NC(=O)C(F)(F)C(F)(F)C(F)(F)F)c3)c3ccccc3n2)cc1OC. The lowest BCUT2D eigenvalue weighted by Gasteiger charge is -2.27. The van der Waals surface area contributed by atoms with E-state index in [0.717, 1.165) is 12.1 Å². The first-order valence-electron chi connectivity index (χ1n) is 12.8. The maximum atomic E-state index is 13.8. The number of pyridine rings is 1. The molecule has 1 aromatic heterocycles. The molecule has 0 unspecified atom stereocenters. The number of anilines is 1. The quantitative estimate of drug-likeness (QED) is 0.119. The van der Waals surface area contributed by atoms with Crippen molar-refractivity contribution in [2.75, 3.05) is 19.5 Å². The lowest BCUT2D eigenvalue weighted by Crippen LogP contribution is -2.57. The molecular weight excluding hydrogens is 613 g/mol. The zero-order valence-electron chi connectivity index (χ0n) is 23.6. The van der Waals surface area contributed by atoms with E-state index in [-0.39, 0.29) is 16.8 Å². The normalized spacial score (nSPS) is 12.5. The monoisotopic (exact) mass is 636 g/mol. The Morgan fingerprint density at radius 3 is 2.18 bits per heavy atom. The molecule has 8 nitrogen and oxygen atoms in total. The number of hydrazone groups is 1. The Balaban J connectivity index is 1.59. The molecule has 2 N–H and O–H groups in total. The zero-order chi connectivity index (χ0) is 33.2. The Morgan fingerprint density at radius 2 is 1.51 bits per heavy atom. The van der Waals surface area contributed by atoms with Crippen molar-refractivity contribution < 1.29 is 49.8 Å². The van der Waals surface area contributed by atoms with Gasteiger partial charge >= 0.3 is 23.9 Å². The van der Waals surface area contributed by atoms with Crippen molar-refractivity contribution in [3.05, 3.63) is 83.9 Å². The predicted octanol–water partition coefficient (Wildman–Crippen LogP) is 6.84. The molecule has 0 atom stereocenters. The van der Waals surface area contributed by atoms with Gasteiger partial charge in [-0.2, -0.15) is 35.8 Å². The topological polar surface area (TPSA) is 102 Å². The third-order valence-corrected chi connectivity index (χ3v) is 6.54. The molecule has 0 aliphatic rings. The smallest absolute Gasteiger partial charge is 0.460 e. The largest absolute Gasteiger partial charge is 0.493 e. The fourth-order valence-corrected chi connectivity index (χ4v) is 4.12. The van der Waals surface area contributed by atoms with Gasteiger partial charge in [0.15, 0.2) is 11.5 Å². The molecule has 1 heterocycles. The molecule has 0 radical (unpaired) electrons. The molecule has 0 spiro atoms. The minimum atomic E-state index is -6.67. The van der Waals surface area contributed by atoms with Crippen molar-refractivity contribution >= 4 is 34.1 Å². The number of carbonyl (C=O) groups is 2. The second kappa shape index (κ2) is 12.4. The van der Waals surface area contributed by atoms with E-state index in [9.17, 15) is 40.3 Å². The van der Waals surface area contributed by atoms with Gasteiger partial charge < -0.3 is 14.8 Å². The number of halogens is 7. The highest BCUT2D eigenvalue weighted by Gasteiger charge is 2.76. The molecule has 0 saturated heterocycles. The Hall–Kier alpha value is -5.21. The Morgan fingerprint density at radius 1 is 0.822 bits per heavy atom. The maximum absolute atomic E-state index is 13.8. The van der Waals surface area contributed by atoms with Crippen molar-refractivity contribution in [3.8, 4) is 22.8 Å². The third kappa shape index (κ3) is 6.51. The number of amides is 2. The fourth-order valence-electron chi connectivity index (χ4n) is 4.12. The van der Waals surface area contributed by atoms with Gasteiger partial charge in [0.1, 0.15) is 0 Å². The Kier molecular flexibility index (Phi) is 9.02. The molecule has 3 aromatic carbocycles. The Bertz CT molecular complexity index is 1790.